The van der Waals surface area contributed by atoms with Gasteiger partial charge in [0.1, 0.15) is 27.8 Å². The van der Waals surface area contributed by atoms with Crippen molar-refractivity contribution in [2.24, 2.45) is 5.73 Å². The highest BCUT2D eigenvalue weighted by Gasteiger charge is 2.55. The number of nitrogens with two attached hydrogens (primary N) is 1. The molecule has 738 valence electrons. The third-order valence-electron chi connectivity index (χ3n) is 19.1. The maximum absolute atomic E-state index is 13.2. The zero-order chi connectivity index (χ0) is 104. The summed E-state index contributed by atoms with van der Waals surface area (Å²) in [5.74, 6) is -13.5. The molecule has 7 aliphatic rings. The number of aromatic nitrogens is 1. The van der Waals surface area contributed by atoms with Crippen molar-refractivity contribution in [3.63, 3.8) is 0 Å². The van der Waals surface area contributed by atoms with Gasteiger partial charge in [-0.2, -0.15) is 92.2 Å². The fourth-order valence-electron chi connectivity index (χ4n) is 12.9. The predicted octanol–water partition coefficient (Wildman–Crippen LogP) is 25.3. The van der Waals surface area contributed by atoms with Gasteiger partial charge in [0.15, 0.2) is 29.8 Å². The van der Waals surface area contributed by atoms with Gasteiger partial charge in [0.05, 0.1) is 65.7 Å². The molecule has 0 bridgehead atoms. The number of esters is 1. The lowest BCUT2D eigenvalue weighted by atomic mass is 9.86. The minimum Gasteiger partial charge on any atom is -0.478 e. The molecule has 53 heteroatoms. The molecule has 0 saturated heterocycles. The van der Waals surface area contributed by atoms with Crippen LogP contribution in [0.4, 0.5) is 118 Å². The van der Waals surface area contributed by atoms with E-state index in [0.717, 1.165) is 46.9 Å². The molecule has 0 aliphatic carbocycles. The first kappa shape index (κ1) is 112. The highest BCUT2D eigenvalue weighted by atomic mass is 35.5. The quantitative estimate of drug-likeness (QED) is 0.0518. The molecule has 8 heterocycles. The summed E-state index contributed by atoms with van der Waals surface area (Å²) >= 11 is 47.4. The first-order valence-electron chi connectivity index (χ1n) is 37.4. The van der Waals surface area contributed by atoms with Gasteiger partial charge < -0.3 is 61.0 Å². The number of nitrogens with one attached hydrogen (secondary N) is 2. The summed E-state index contributed by atoms with van der Waals surface area (Å²) in [6.45, 7) is 8.97. The highest BCUT2D eigenvalue weighted by molar-refractivity contribution is 8.00. The fourth-order valence-corrected chi connectivity index (χ4v) is 17.1. The molecule has 137 heavy (non-hydrogen) atoms. The fraction of sp³-hybridized carbons (Fsp3) is 0.262. The van der Waals surface area contributed by atoms with Crippen molar-refractivity contribution in [1.82, 2.24) is 4.98 Å². The van der Waals surface area contributed by atoms with Crippen LogP contribution in [0.2, 0.25) is 40.2 Å². The summed E-state index contributed by atoms with van der Waals surface area (Å²) in [5, 5.41) is 45.4. The van der Waals surface area contributed by atoms with Crippen LogP contribution in [0, 0.1) is 18.6 Å². The number of anilines is 3. The van der Waals surface area contributed by atoms with Gasteiger partial charge in [-0.05, 0) is 156 Å². The number of amides is 1. The number of carboxylic acid groups (broad SMARTS) is 5. The Labute approximate surface area is 804 Å². The molecule has 20 nitrogen and oxygen atoms in total. The number of carboxylic acids is 5. The van der Waals surface area contributed by atoms with Gasteiger partial charge in [0, 0.05) is 82.8 Å². The lowest BCUT2D eigenvalue weighted by Gasteiger charge is -2.36. The topological polar surface area (TPSA) is 315 Å². The lowest BCUT2D eigenvalue weighted by Crippen LogP contribution is -2.48. The van der Waals surface area contributed by atoms with E-state index in [9.17, 15) is 135 Å². The second-order valence-corrected chi connectivity index (χ2v) is 35.3. The number of nitrogens with zero attached hydrogens (tertiary/aromatic N) is 2. The summed E-state index contributed by atoms with van der Waals surface area (Å²) < 4.78 is 311. The molecule has 1 amide bonds. The van der Waals surface area contributed by atoms with E-state index < -0.39 is 176 Å². The number of thioether (sulfide) groups is 2. The molecule has 9 N–H and O–H groups in total. The third-order valence-corrected chi connectivity index (χ3v) is 24.3. The van der Waals surface area contributed by atoms with Gasteiger partial charge in [-0.25, -0.2) is 42.5 Å². The first-order chi connectivity index (χ1) is 62.8. The number of fused-ring (bicyclic) bond motifs is 7. The second kappa shape index (κ2) is 43.0. The number of pyridine rings is 1. The summed E-state index contributed by atoms with van der Waals surface area (Å²) in [6.07, 6.45) is -30.0. The standard InChI is InChI=1S/C15H15F3O2S.C14H11Cl2F3O3.C12H9ClF3NO2.C11H6Cl2F3NO2.C11H5Cl2F3O2S.C11H6F5NO2.C10H6ClF3N2O2/c1-14(2,3)9-4-5-11-8(6-9)7-10(13(19)20)12(21-11)15(16,17)18;1-3-21-13(20)8-4-7-5-9(15)6(2)10(16)11(7)22-12(8)14(17,18)19;1-17-9-3-2-7(13)4-6(9)5-8(11(18)19)10(17)12(14,15)16;2*12-5-1-4-2-6(10(17)18)9(11(14,15)16)19-8(4)7(13)3-5;12-6-2-4-1-5(10(18)19)9(11(14,15)16)17-8(4)3-7(6)13;11-5-1-4-2-6(9(17)18)7(10(12,13)14)16-8(4)15-3-5/h4-7,12H,1-3H3,(H,19,20);4-5,12H,3H2,1-2H3;2-5,10H,1H3,(H,18,19);1-3,9H,(H2,17,18);1-3,9H,(H,17,18);1-3,9,17H,(H,18,19);1-3,7H,(H,15,16)(H,17,18)/t;;;9-;;;/m...0.../s1. The van der Waals surface area contributed by atoms with Crippen molar-refractivity contribution < 1.29 is 174 Å². The molecule has 14 rings (SSSR count). The van der Waals surface area contributed by atoms with E-state index in [1.807, 2.05) is 26.1 Å². The number of halogens is 31. The molecular weight excluding hydrogens is 2100 g/mol. The molecule has 0 radical (unpaired) electrons. The molecule has 1 aromatic heterocycles. The van der Waals surface area contributed by atoms with Crippen molar-refractivity contribution in [1.29, 1.82) is 0 Å². The number of carbonyl (C=O) groups is 7. The molecule has 6 aromatic carbocycles. The summed E-state index contributed by atoms with van der Waals surface area (Å²) in [7, 11) is 1.21. The zero-order valence-corrected chi connectivity index (χ0v) is 76.5. The van der Waals surface area contributed by atoms with Crippen molar-refractivity contribution >= 4 is 218 Å². The Morgan fingerprint density at radius 3 is 1.40 bits per heavy atom. The van der Waals surface area contributed by atoms with Gasteiger partial charge in [-0.3, -0.25) is 4.79 Å². The first-order valence-corrected chi connectivity index (χ1v) is 42.1. The Hall–Kier alpha value is -10.7. The number of primary amides is 1. The van der Waals surface area contributed by atoms with Crippen LogP contribution in [0.15, 0.2) is 140 Å². The van der Waals surface area contributed by atoms with Crippen LogP contribution in [-0.2, 0) is 43.7 Å². The lowest BCUT2D eigenvalue weighted by molar-refractivity contribution is -0.187. The van der Waals surface area contributed by atoms with Crippen LogP contribution in [0.25, 0.3) is 42.5 Å². The van der Waals surface area contributed by atoms with Crippen LogP contribution >= 0.6 is 116 Å². The minimum absolute atomic E-state index is 0.0177. The van der Waals surface area contributed by atoms with Crippen molar-refractivity contribution in [2.75, 3.05) is 29.2 Å². The van der Waals surface area contributed by atoms with E-state index in [2.05, 4.69) is 15.0 Å². The number of hydrogen-bond acceptors (Lipinski definition) is 16. The normalized spacial score (nSPS) is 18.5. The number of benzene rings is 6. The van der Waals surface area contributed by atoms with Gasteiger partial charge in [0.25, 0.3) is 0 Å². The molecule has 7 aliphatic heterocycles. The number of likely N-dealkylation sites (N-methyl/N-ethyl adjacent to an activating group) is 1. The number of ether oxygens (including phenoxy) is 3. The smallest absolute Gasteiger partial charge is 0.430 e. The van der Waals surface area contributed by atoms with Crippen LogP contribution in [-0.4, -0.2) is 170 Å². The summed E-state index contributed by atoms with van der Waals surface area (Å²) in [5.41, 5.74) is 2.51. The second-order valence-electron chi connectivity index (χ2n) is 29.7. The van der Waals surface area contributed by atoms with Crippen molar-refractivity contribution in [3.05, 3.63) is 232 Å². The maximum Gasteiger partial charge on any atom is 0.430 e. The van der Waals surface area contributed by atoms with E-state index in [1.54, 1.807) is 25.1 Å². The monoisotopic (exact) mass is 2160 g/mol. The Balaban J connectivity index is 0.000000196. The van der Waals surface area contributed by atoms with Gasteiger partial charge in [-0.15, -0.1) is 23.5 Å². The minimum atomic E-state index is -4.87. The predicted molar refractivity (Wildman–Crippen MR) is 464 cm³/mol. The van der Waals surface area contributed by atoms with Crippen LogP contribution in [0.5, 0.6) is 11.5 Å². The number of aliphatic carboxylic acids is 5. The molecule has 7 aromatic rings. The number of alkyl halides is 21. The molecule has 0 fully saturated rings. The Bertz CT molecular complexity index is 6090. The van der Waals surface area contributed by atoms with Crippen LogP contribution < -0.4 is 30.7 Å². The maximum atomic E-state index is 13.2. The number of rotatable bonds is 8. The average molecular weight is 2160 g/mol. The molecule has 6 unspecified atom stereocenters. The third kappa shape index (κ3) is 27.5. The SMILES string of the molecule is CC(C)(C)c1ccc2c(c1)C=C(C(=O)O)C(C(F)(F)F)S2.CCOC(=O)C1=Cc2cc(Cl)c(C)c(Cl)c2OC1C(F)(F)F.CN1c2ccc(Cl)cc2C=C(C(=O)O)C1C(F)(F)F.NC(=O)C1=Cc2cc(Cl)cc(Cl)c2O[C@@H]1C(F)(F)F.O=C(O)C1=Cc2cc(Cl)cc(Cl)c2SC1C(F)(F)F.O=C(O)C1=Cc2cc(Cl)cnc2NC1C(F)(F)F.O=C(O)C1=Cc2cc(F)c(F)cc2NC1C(F)(F)F. The van der Waals surface area contributed by atoms with E-state index in [-0.39, 0.29) is 109 Å². The Morgan fingerprint density at radius 2 is 0.898 bits per heavy atom. The number of carbonyl (C=O) groups excluding carboxylic acids is 2. The van der Waals surface area contributed by atoms with Crippen molar-refractivity contribution in [2.45, 2.75) is 134 Å². The molecular formula is C84H58Cl8F23N5O15S2. The zero-order valence-electron chi connectivity index (χ0n) is 68.8. The Morgan fingerprint density at radius 1 is 0.453 bits per heavy atom. The van der Waals surface area contributed by atoms with E-state index in [0.29, 0.717) is 68.3 Å². The summed E-state index contributed by atoms with van der Waals surface area (Å²) in [4.78, 5) is 82.8. The largest absolute Gasteiger partial charge is 0.478 e. The van der Waals surface area contributed by atoms with Crippen LogP contribution in [0.3, 0.4) is 0 Å². The van der Waals surface area contributed by atoms with E-state index in [1.165, 1.54) is 74.8 Å². The van der Waals surface area contributed by atoms with Gasteiger partial charge in [-0.1, -0.05) is 126 Å². The average Bonchev–Trinajstić information content (AvgIpc) is 0.760. The highest BCUT2D eigenvalue weighted by Crippen LogP contribution is 2.52. The van der Waals surface area contributed by atoms with Gasteiger partial charge in [0.2, 0.25) is 18.1 Å². The van der Waals surface area contributed by atoms with Crippen LogP contribution in [0.1, 0.15) is 77.8 Å². The molecule has 0 saturated carbocycles. The Kier molecular flexibility index (Phi) is 35.0. The summed E-state index contributed by atoms with van der Waals surface area (Å²) in [6, 6.07) is 11.8. The van der Waals surface area contributed by atoms with Gasteiger partial charge >= 0.3 is 79.0 Å². The molecule has 7 atom stereocenters. The molecule has 0 spiro atoms. The number of hydrogen-bond donors (Lipinski definition) is 8. The van der Waals surface area contributed by atoms with E-state index in [4.69, 9.17) is 134 Å². The van der Waals surface area contributed by atoms with Crippen molar-refractivity contribution in [3.8, 4) is 11.5 Å². The van der Waals surface area contributed by atoms with E-state index >= 15 is 0 Å².